The summed E-state index contributed by atoms with van der Waals surface area (Å²) in [6.07, 6.45) is -0.751. The molecular formula is C22H21ClN2O4S. The van der Waals surface area contributed by atoms with Crippen molar-refractivity contribution < 1.29 is 17.9 Å². The van der Waals surface area contributed by atoms with Crippen LogP contribution in [0.2, 0.25) is 5.02 Å². The van der Waals surface area contributed by atoms with Gasteiger partial charge < -0.3 is 10.1 Å². The van der Waals surface area contributed by atoms with E-state index < -0.39 is 16.1 Å². The molecule has 6 nitrogen and oxygen atoms in total. The number of rotatable bonds is 7. The number of halogens is 1. The zero-order chi connectivity index (χ0) is 21.7. The van der Waals surface area contributed by atoms with E-state index in [1.165, 1.54) is 23.5 Å². The van der Waals surface area contributed by atoms with Gasteiger partial charge in [0, 0.05) is 17.8 Å². The van der Waals surface area contributed by atoms with Crippen LogP contribution < -0.4 is 14.4 Å². The zero-order valence-corrected chi connectivity index (χ0v) is 18.0. The first kappa shape index (κ1) is 21.7. The number of carbonyl (C=O) groups excluding carboxylic acids is 1. The first-order valence-corrected chi connectivity index (χ1v) is 11.0. The van der Waals surface area contributed by atoms with Crippen molar-refractivity contribution in [2.24, 2.45) is 0 Å². The van der Waals surface area contributed by atoms with Gasteiger partial charge in [-0.05, 0) is 67.6 Å². The summed E-state index contributed by atoms with van der Waals surface area (Å²) in [4.78, 5) is 12.5. The van der Waals surface area contributed by atoms with Crippen LogP contribution in [0.4, 0.5) is 11.4 Å². The van der Waals surface area contributed by atoms with Gasteiger partial charge in [0.15, 0.2) is 6.10 Å². The summed E-state index contributed by atoms with van der Waals surface area (Å²) in [5, 5.41) is 3.29. The Kier molecular flexibility index (Phi) is 6.64. The maximum absolute atomic E-state index is 12.8. The molecule has 1 unspecified atom stereocenters. The van der Waals surface area contributed by atoms with Gasteiger partial charge in [0.25, 0.3) is 15.9 Å². The molecule has 0 aromatic heterocycles. The third kappa shape index (κ3) is 5.11. The molecule has 0 saturated carbocycles. The summed E-state index contributed by atoms with van der Waals surface area (Å²) < 4.78 is 32.4. The molecule has 0 bridgehead atoms. The normalized spacial score (nSPS) is 12.1. The lowest BCUT2D eigenvalue weighted by Crippen LogP contribution is -2.30. The molecular weight excluding hydrogens is 424 g/mol. The largest absolute Gasteiger partial charge is 0.481 e. The predicted octanol–water partition coefficient (Wildman–Crippen LogP) is 4.57. The highest BCUT2D eigenvalue weighted by Gasteiger charge is 2.21. The van der Waals surface area contributed by atoms with Gasteiger partial charge in [-0.1, -0.05) is 29.8 Å². The summed E-state index contributed by atoms with van der Waals surface area (Å²) in [5.41, 5.74) is 1.02. The average molecular weight is 445 g/mol. The van der Waals surface area contributed by atoms with Crippen LogP contribution in [0.5, 0.6) is 5.75 Å². The molecule has 3 aromatic carbocycles. The van der Waals surface area contributed by atoms with Crippen molar-refractivity contribution in [2.75, 3.05) is 16.7 Å². The third-order valence-corrected chi connectivity index (χ3v) is 6.45. The number of hydrogen-bond donors (Lipinski definition) is 1. The fourth-order valence-corrected chi connectivity index (χ4v) is 3.98. The minimum absolute atomic E-state index is 0.123. The molecule has 3 aromatic rings. The predicted molar refractivity (Wildman–Crippen MR) is 119 cm³/mol. The summed E-state index contributed by atoms with van der Waals surface area (Å²) in [5.74, 6) is 0.161. The molecule has 8 heteroatoms. The van der Waals surface area contributed by atoms with Crippen LogP contribution in [0.25, 0.3) is 0 Å². The van der Waals surface area contributed by atoms with Crippen LogP contribution in [-0.2, 0) is 14.8 Å². The topological polar surface area (TPSA) is 75.7 Å². The van der Waals surface area contributed by atoms with Crippen molar-refractivity contribution in [3.8, 4) is 5.75 Å². The Balaban J connectivity index is 1.66. The molecule has 0 aliphatic heterocycles. The number of ether oxygens (including phenoxy) is 1. The second kappa shape index (κ2) is 9.19. The highest BCUT2D eigenvalue weighted by Crippen LogP contribution is 2.23. The van der Waals surface area contributed by atoms with E-state index in [1.54, 1.807) is 67.6 Å². The van der Waals surface area contributed by atoms with Crippen LogP contribution in [0, 0.1) is 0 Å². The Morgan fingerprint density at radius 2 is 1.57 bits per heavy atom. The Hall–Kier alpha value is -3.03. The Morgan fingerprint density at radius 1 is 0.967 bits per heavy atom. The van der Waals surface area contributed by atoms with E-state index in [0.29, 0.717) is 22.1 Å². The van der Waals surface area contributed by atoms with Gasteiger partial charge in [-0.3, -0.25) is 9.10 Å². The number of nitrogens with zero attached hydrogens (tertiary/aromatic N) is 1. The molecule has 1 atom stereocenters. The second-order valence-corrected chi connectivity index (χ2v) is 8.94. The maximum atomic E-state index is 12.8. The first-order valence-electron chi connectivity index (χ1n) is 9.14. The number of anilines is 2. The van der Waals surface area contributed by atoms with E-state index in [0.717, 1.165) is 0 Å². The van der Waals surface area contributed by atoms with E-state index in [4.69, 9.17) is 16.3 Å². The molecule has 1 amide bonds. The fraction of sp³-hybridized carbons (Fsp3) is 0.136. The third-order valence-electron chi connectivity index (χ3n) is 4.40. The average Bonchev–Trinajstić information content (AvgIpc) is 2.75. The van der Waals surface area contributed by atoms with Gasteiger partial charge in [-0.2, -0.15) is 0 Å². The molecule has 3 rings (SSSR count). The molecule has 0 fully saturated rings. The Morgan fingerprint density at radius 3 is 2.17 bits per heavy atom. The molecule has 0 heterocycles. The number of hydrogen-bond acceptors (Lipinski definition) is 4. The van der Waals surface area contributed by atoms with Crippen LogP contribution in [-0.4, -0.2) is 27.5 Å². The summed E-state index contributed by atoms with van der Waals surface area (Å²) in [6.45, 7) is 1.62. The highest BCUT2D eigenvalue weighted by molar-refractivity contribution is 7.92. The molecule has 0 aliphatic carbocycles. The molecule has 0 radical (unpaired) electrons. The molecule has 0 spiro atoms. The summed E-state index contributed by atoms with van der Waals surface area (Å²) in [7, 11) is -2.22. The number of benzene rings is 3. The Bertz CT molecular complexity index is 1100. The van der Waals surface area contributed by atoms with Crippen molar-refractivity contribution in [2.45, 2.75) is 17.9 Å². The van der Waals surface area contributed by atoms with E-state index in [1.807, 2.05) is 6.07 Å². The minimum Gasteiger partial charge on any atom is -0.481 e. The van der Waals surface area contributed by atoms with Crippen LogP contribution >= 0.6 is 11.6 Å². The van der Waals surface area contributed by atoms with Gasteiger partial charge in [-0.25, -0.2) is 8.42 Å². The lowest BCUT2D eigenvalue weighted by Gasteiger charge is -2.19. The summed E-state index contributed by atoms with van der Waals surface area (Å²) in [6, 6.07) is 21.5. The smallest absolute Gasteiger partial charge is 0.265 e. The fourth-order valence-electron chi connectivity index (χ4n) is 2.66. The van der Waals surface area contributed by atoms with Gasteiger partial charge in [-0.15, -0.1) is 0 Å². The van der Waals surface area contributed by atoms with Gasteiger partial charge in [0.1, 0.15) is 5.75 Å². The maximum Gasteiger partial charge on any atom is 0.265 e. The van der Waals surface area contributed by atoms with Crippen molar-refractivity contribution in [1.29, 1.82) is 0 Å². The van der Waals surface area contributed by atoms with Crippen molar-refractivity contribution in [1.82, 2.24) is 0 Å². The van der Waals surface area contributed by atoms with Gasteiger partial charge in [0.05, 0.1) is 10.6 Å². The standard InChI is InChI=1S/C22H21ClN2O4S/c1-16(29-20-12-8-17(23)9-13-20)22(26)24-18-10-14-21(15-11-18)30(27,28)25(2)19-6-4-3-5-7-19/h3-16H,1-2H3,(H,24,26). The minimum atomic E-state index is -3.71. The van der Waals surface area contributed by atoms with E-state index in [2.05, 4.69) is 5.32 Å². The van der Waals surface area contributed by atoms with Crippen LogP contribution in [0.3, 0.4) is 0 Å². The van der Waals surface area contributed by atoms with Crippen LogP contribution in [0.1, 0.15) is 6.92 Å². The summed E-state index contributed by atoms with van der Waals surface area (Å²) >= 11 is 5.84. The number of amides is 1. The number of nitrogens with one attached hydrogen (secondary N) is 1. The van der Waals surface area contributed by atoms with Crippen LogP contribution in [0.15, 0.2) is 83.8 Å². The van der Waals surface area contributed by atoms with E-state index in [9.17, 15) is 13.2 Å². The van der Waals surface area contributed by atoms with Crippen molar-refractivity contribution >= 4 is 38.9 Å². The lowest BCUT2D eigenvalue weighted by atomic mass is 10.3. The number of carbonyl (C=O) groups is 1. The highest BCUT2D eigenvalue weighted by atomic mass is 35.5. The number of sulfonamides is 1. The first-order chi connectivity index (χ1) is 14.3. The van der Waals surface area contributed by atoms with E-state index in [-0.39, 0.29) is 10.8 Å². The molecule has 0 saturated heterocycles. The molecule has 0 aliphatic rings. The second-order valence-electron chi connectivity index (χ2n) is 6.54. The lowest BCUT2D eigenvalue weighted by molar-refractivity contribution is -0.122. The van der Waals surface area contributed by atoms with Crippen molar-refractivity contribution in [3.05, 3.63) is 83.9 Å². The van der Waals surface area contributed by atoms with Crippen molar-refractivity contribution in [3.63, 3.8) is 0 Å². The molecule has 156 valence electrons. The van der Waals surface area contributed by atoms with E-state index >= 15 is 0 Å². The SMILES string of the molecule is CC(Oc1ccc(Cl)cc1)C(=O)Nc1ccc(S(=O)(=O)N(C)c2ccccc2)cc1. The molecule has 30 heavy (non-hydrogen) atoms. The van der Waals surface area contributed by atoms with Gasteiger partial charge >= 0.3 is 0 Å². The monoisotopic (exact) mass is 444 g/mol. The zero-order valence-electron chi connectivity index (χ0n) is 16.4. The van der Waals surface area contributed by atoms with Gasteiger partial charge in [0.2, 0.25) is 0 Å². The molecule has 1 N–H and O–H groups in total. The number of para-hydroxylation sites is 1. The Labute approximate surface area is 181 Å². The quantitative estimate of drug-likeness (QED) is 0.579.